The lowest BCUT2D eigenvalue weighted by molar-refractivity contribution is -0.141. The molecule has 0 saturated carbocycles. The molecule has 0 aliphatic carbocycles. The zero-order valence-electron chi connectivity index (χ0n) is 20.5. The van der Waals surface area contributed by atoms with Gasteiger partial charge in [0.1, 0.15) is 31.1 Å². The van der Waals surface area contributed by atoms with E-state index in [0.717, 1.165) is 16.3 Å². The number of hydrogen-bond donors (Lipinski definition) is 3. The van der Waals surface area contributed by atoms with Crippen molar-refractivity contribution in [1.29, 1.82) is 0 Å². The van der Waals surface area contributed by atoms with Crippen molar-refractivity contribution in [2.45, 2.75) is 38.4 Å². The Morgan fingerprint density at radius 1 is 1.11 bits per heavy atom. The maximum Gasteiger partial charge on any atom is 0.250 e. The molecule has 2 aromatic carbocycles. The van der Waals surface area contributed by atoms with E-state index in [-0.39, 0.29) is 17.7 Å². The molecular weight excluding hydrogens is 474 g/mol. The lowest BCUT2D eigenvalue weighted by Crippen LogP contribution is -2.49. The highest BCUT2D eigenvalue weighted by atomic mass is 16.6. The van der Waals surface area contributed by atoms with Crippen LogP contribution in [0, 0.1) is 0 Å². The van der Waals surface area contributed by atoms with Gasteiger partial charge in [0.25, 0.3) is 0 Å². The van der Waals surface area contributed by atoms with Crippen molar-refractivity contribution in [3.05, 3.63) is 59.8 Å². The van der Waals surface area contributed by atoms with Crippen LogP contribution in [0.3, 0.4) is 0 Å². The van der Waals surface area contributed by atoms with E-state index < -0.39 is 12.1 Å². The lowest BCUT2D eigenvalue weighted by atomic mass is 10.0. The van der Waals surface area contributed by atoms with Gasteiger partial charge in [0.15, 0.2) is 11.5 Å². The van der Waals surface area contributed by atoms with Crippen LogP contribution in [0.5, 0.6) is 11.5 Å². The highest BCUT2D eigenvalue weighted by molar-refractivity contribution is 5.93. The number of carbonyl (C=O) groups excluding carboxylic acids is 3. The van der Waals surface area contributed by atoms with Crippen LogP contribution in [0.2, 0.25) is 0 Å². The molecular formula is C27H29N5O5. The number of nitrogen functional groups attached to an aromatic ring is 1. The molecule has 192 valence electrons. The molecule has 4 N–H and O–H groups in total. The van der Waals surface area contributed by atoms with E-state index >= 15 is 0 Å². The average Bonchev–Trinajstić information content (AvgIpc) is 3.40. The number of ether oxygens (including phenoxy) is 2. The van der Waals surface area contributed by atoms with Crippen LogP contribution in [0.1, 0.15) is 36.9 Å². The van der Waals surface area contributed by atoms with Gasteiger partial charge in [0, 0.05) is 31.6 Å². The number of pyridine rings is 1. The molecule has 1 saturated heterocycles. The second-order valence-corrected chi connectivity index (χ2v) is 9.20. The van der Waals surface area contributed by atoms with Crippen molar-refractivity contribution in [3.63, 3.8) is 0 Å². The number of likely N-dealkylation sites (tertiary alicyclic amines) is 1. The van der Waals surface area contributed by atoms with Gasteiger partial charge in [-0.05, 0) is 53.6 Å². The van der Waals surface area contributed by atoms with Gasteiger partial charge < -0.3 is 30.7 Å². The summed E-state index contributed by atoms with van der Waals surface area (Å²) in [5.41, 5.74) is 7.41. The first-order chi connectivity index (χ1) is 17.9. The number of aromatic nitrogens is 1. The third kappa shape index (κ3) is 5.13. The van der Waals surface area contributed by atoms with Crippen LogP contribution in [0.25, 0.3) is 10.8 Å². The molecule has 0 bridgehead atoms. The van der Waals surface area contributed by atoms with Crippen molar-refractivity contribution in [2.24, 2.45) is 0 Å². The van der Waals surface area contributed by atoms with E-state index in [9.17, 15) is 14.4 Å². The Hall–Kier alpha value is -4.34. The van der Waals surface area contributed by atoms with Crippen LogP contribution in [-0.2, 0) is 20.9 Å². The molecule has 2 unspecified atom stereocenters. The zero-order chi connectivity index (χ0) is 25.9. The van der Waals surface area contributed by atoms with Gasteiger partial charge in [-0.2, -0.15) is 0 Å². The van der Waals surface area contributed by atoms with Gasteiger partial charge in [-0.1, -0.05) is 18.2 Å². The third-order valence-corrected chi connectivity index (χ3v) is 6.66. The van der Waals surface area contributed by atoms with Crippen molar-refractivity contribution in [2.75, 3.05) is 25.5 Å². The molecule has 0 spiro atoms. The third-order valence-electron chi connectivity index (χ3n) is 6.66. The summed E-state index contributed by atoms with van der Waals surface area (Å²) >= 11 is 0. The van der Waals surface area contributed by atoms with Crippen LogP contribution in [-0.4, -0.2) is 53.4 Å². The topological polar surface area (TPSA) is 136 Å². The maximum absolute atomic E-state index is 13.7. The van der Waals surface area contributed by atoms with Gasteiger partial charge in [0.2, 0.25) is 17.7 Å². The second-order valence-electron chi connectivity index (χ2n) is 9.20. The van der Waals surface area contributed by atoms with Crippen LogP contribution in [0.4, 0.5) is 5.82 Å². The monoisotopic (exact) mass is 503 g/mol. The highest BCUT2D eigenvalue weighted by Gasteiger charge is 2.38. The standard InChI is InChI=1S/C27H29N5O5/c1-16(33)31-24(19-5-7-22-23(14-19)37-12-11-36-22)27(35)32-10-2-3-21(32)26(34)30-15-17-4-6-20-18(13-17)8-9-29-25(20)28/h4-9,13-14,21,24H,2-3,10-12,15H2,1H3,(H2,28,29)(H,30,34)(H,31,33). The fourth-order valence-corrected chi connectivity index (χ4v) is 4.87. The summed E-state index contributed by atoms with van der Waals surface area (Å²) in [6, 6.07) is 11.2. The first-order valence-corrected chi connectivity index (χ1v) is 12.3. The summed E-state index contributed by atoms with van der Waals surface area (Å²) in [5, 5.41) is 7.50. The van der Waals surface area contributed by atoms with Gasteiger partial charge in [-0.15, -0.1) is 0 Å². The first-order valence-electron chi connectivity index (χ1n) is 12.3. The van der Waals surface area contributed by atoms with Gasteiger partial charge in [0.05, 0.1) is 0 Å². The smallest absolute Gasteiger partial charge is 0.250 e. The number of anilines is 1. The van der Waals surface area contributed by atoms with E-state index in [2.05, 4.69) is 15.6 Å². The Morgan fingerprint density at radius 3 is 2.73 bits per heavy atom. The molecule has 37 heavy (non-hydrogen) atoms. The normalized spacial score (nSPS) is 17.3. The number of carbonyl (C=O) groups is 3. The SMILES string of the molecule is CC(=O)NC(C(=O)N1CCCC1C(=O)NCc1ccc2c(N)nccc2c1)c1ccc2c(c1)OCCO2. The van der Waals surface area contributed by atoms with E-state index in [0.29, 0.717) is 62.0 Å². The Morgan fingerprint density at radius 2 is 1.92 bits per heavy atom. The molecule has 2 atom stereocenters. The summed E-state index contributed by atoms with van der Waals surface area (Å²) in [6.45, 7) is 2.97. The van der Waals surface area contributed by atoms with Gasteiger partial charge in [-0.3, -0.25) is 14.4 Å². The largest absolute Gasteiger partial charge is 0.486 e. The quantitative estimate of drug-likeness (QED) is 0.469. The van der Waals surface area contributed by atoms with Crippen molar-refractivity contribution < 1.29 is 23.9 Å². The summed E-state index contributed by atoms with van der Waals surface area (Å²) < 4.78 is 11.2. The van der Waals surface area contributed by atoms with Gasteiger partial charge in [-0.25, -0.2) is 4.98 Å². The number of nitrogens with two attached hydrogens (primary N) is 1. The fraction of sp³-hybridized carbons (Fsp3) is 0.333. The number of amides is 3. The minimum absolute atomic E-state index is 0.232. The van der Waals surface area contributed by atoms with E-state index in [1.165, 1.54) is 6.92 Å². The zero-order valence-corrected chi connectivity index (χ0v) is 20.5. The second kappa shape index (κ2) is 10.3. The summed E-state index contributed by atoms with van der Waals surface area (Å²) in [4.78, 5) is 44.5. The molecule has 10 heteroatoms. The predicted molar refractivity (Wildman–Crippen MR) is 137 cm³/mol. The number of nitrogens with one attached hydrogen (secondary N) is 2. The number of nitrogens with zero attached hydrogens (tertiary/aromatic N) is 2. The molecule has 2 aliphatic heterocycles. The lowest BCUT2D eigenvalue weighted by Gasteiger charge is -2.29. The summed E-state index contributed by atoms with van der Waals surface area (Å²) in [5.74, 6) is 0.660. The molecule has 0 radical (unpaired) electrons. The first kappa shape index (κ1) is 24.4. The molecule has 2 aliphatic rings. The van der Waals surface area contributed by atoms with Crippen LogP contribution in [0.15, 0.2) is 48.7 Å². The highest BCUT2D eigenvalue weighted by Crippen LogP contribution is 2.34. The number of benzene rings is 2. The summed E-state index contributed by atoms with van der Waals surface area (Å²) in [7, 11) is 0. The molecule has 3 aromatic rings. The Bertz CT molecular complexity index is 1360. The van der Waals surface area contributed by atoms with Crippen molar-refractivity contribution in [3.8, 4) is 11.5 Å². The van der Waals surface area contributed by atoms with Gasteiger partial charge >= 0.3 is 0 Å². The van der Waals surface area contributed by atoms with Crippen molar-refractivity contribution in [1.82, 2.24) is 20.5 Å². The molecule has 10 nitrogen and oxygen atoms in total. The number of rotatable bonds is 6. The average molecular weight is 504 g/mol. The van der Waals surface area contributed by atoms with E-state index in [4.69, 9.17) is 15.2 Å². The minimum Gasteiger partial charge on any atom is -0.486 e. The van der Waals surface area contributed by atoms with E-state index in [1.54, 1.807) is 29.3 Å². The Kier molecular flexibility index (Phi) is 6.80. The molecule has 3 amide bonds. The number of fused-ring (bicyclic) bond motifs is 2. The molecule has 1 aromatic heterocycles. The molecule has 3 heterocycles. The summed E-state index contributed by atoms with van der Waals surface area (Å²) in [6.07, 6.45) is 2.89. The molecule has 1 fully saturated rings. The van der Waals surface area contributed by atoms with Crippen molar-refractivity contribution >= 4 is 34.3 Å². The Balaban J connectivity index is 1.30. The predicted octanol–water partition coefficient (Wildman–Crippen LogP) is 2.07. The maximum atomic E-state index is 13.7. The number of hydrogen-bond acceptors (Lipinski definition) is 7. The minimum atomic E-state index is -0.943. The molecule has 5 rings (SSSR count). The van der Waals surface area contributed by atoms with E-state index in [1.807, 2.05) is 24.3 Å². The fourth-order valence-electron chi connectivity index (χ4n) is 4.87. The van der Waals surface area contributed by atoms with Crippen LogP contribution >= 0.6 is 0 Å². The van der Waals surface area contributed by atoms with Crippen LogP contribution < -0.4 is 25.8 Å². The Labute approximate surface area is 214 Å².